The van der Waals surface area contributed by atoms with E-state index in [4.69, 9.17) is 17.0 Å². The van der Waals surface area contributed by atoms with Gasteiger partial charge in [0.25, 0.3) is 0 Å². The van der Waals surface area contributed by atoms with Crippen LogP contribution in [0.3, 0.4) is 0 Å². The summed E-state index contributed by atoms with van der Waals surface area (Å²) < 4.78 is 5.39. The van der Waals surface area contributed by atoms with Crippen molar-refractivity contribution < 1.29 is 9.53 Å². The molecule has 7 heteroatoms. The summed E-state index contributed by atoms with van der Waals surface area (Å²) in [4.78, 5) is 16.6. The van der Waals surface area contributed by atoms with E-state index in [0.717, 1.165) is 27.6 Å². The molecule has 0 spiro atoms. The van der Waals surface area contributed by atoms with E-state index in [2.05, 4.69) is 10.6 Å². The van der Waals surface area contributed by atoms with Crippen LogP contribution in [0.4, 0.5) is 22.7 Å². The number of thioether (sulfide) groups is 1. The smallest absolute Gasteiger partial charge is 0.245 e. The summed E-state index contributed by atoms with van der Waals surface area (Å²) in [6.07, 6.45) is 0.686. The number of carbonyl (C=O) groups excluding carboxylic acids is 1. The summed E-state index contributed by atoms with van der Waals surface area (Å²) in [6, 6.07) is 35.1. The Morgan fingerprint density at radius 1 is 0.865 bits per heavy atom. The molecule has 0 saturated heterocycles. The van der Waals surface area contributed by atoms with E-state index in [1.54, 1.807) is 23.8 Å². The number of carbonyl (C=O) groups is 1. The van der Waals surface area contributed by atoms with Crippen LogP contribution in [0.25, 0.3) is 0 Å². The van der Waals surface area contributed by atoms with Crippen molar-refractivity contribution in [3.63, 3.8) is 0 Å². The first kappa shape index (κ1) is 26.3. The lowest BCUT2D eigenvalue weighted by atomic mass is 10.2. The van der Waals surface area contributed by atoms with Gasteiger partial charge in [0.2, 0.25) is 5.91 Å². The van der Waals surface area contributed by atoms with Crippen LogP contribution in [0, 0.1) is 0 Å². The predicted octanol–water partition coefficient (Wildman–Crippen LogP) is 7.74. The highest BCUT2D eigenvalue weighted by atomic mass is 32.2. The number of para-hydroxylation sites is 4. The number of nitrogens with zero attached hydrogens (tertiary/aromatic N) is 1. The van der Waals surface area contributed by atoms with E-state index in [9.17, 15) is 4.79 Å². The highest BCUT2D eigenvalue weighted by Gasteiger charge is 2.26. The Balaban J connectivity index is 1.49. The third kappa shape index (κ3) is 6.90. The fraction of sp³-hybridized carbons (Fsp3) is 0.133. The van der Waals surface area contributed by atoms with Crippen molar-refractivity contribution in [2.45, 2.75) is 23.5 Å². The van der Waals surface area contributed by atoms with Gasteiger partial charge in [-0.1, -0.05) is 61.5 Å². The van der Waals surface area contributed by atoms with Gasteiger partial charge < -0.3 is 15.4 Å². The molecular weight excluding hydrogens is 498 g/mol. The Hall–Kier alpha value is -3.81. The number of anilines is 4. The number of thiocarbonyl (C=S) groups is 1. The first-order chi connectivity index (χ1) is 18.1. The van der Waals surface area contributed by atoms with E-state index in [1.165, 1.54) is 0 Å². The summed E-state index contributed by atoms with van der Waals surface area (Å²) in [5.74, 6) is 0.748. The van der Waals surface area contributed by atoms with Crippen LogP contribution in [-0.2, 0) is 4.79 Å². The Labute approximate surface area is 227 Å². The van der Waals surface area contributed by atoms with Crippen LogP contribution in [0.5, 0.6) is 5.75 Å². The van der Waals surface area contributed by atoms with Crippen LogP contribution < -0.4 is 20.3 Å². The van der Waals surface area contributed by atoms with Gasteiger partial charge in [-0.05, 0) is 73.2 Å². The maximum atomic E-state index is 13.9. The first-order valence-corrected chi connectivity index (χ1v) is 13.3. The molecule has 0 aliphatic carbocycles. The van der Waals surface area contributed by atoms with E-state index >= 15 is 0 Å². The molecule has 4 aromatic rings. The van der Waals surface area contributed by atoms with Crippen molar-refractivity contribution >= 4 is 57.7 Å². The molecule has 188 valence electrons. The normalized spacial score (nSPS) is 11.3. The molecule has 37 heavy (non-hydrogen) atoms. The van der Waals surface area contributed by atoms with Gasteiger partial charge in [-0.15, -0.1) is 11.8 Å². The van der Waals surface area contributed by atoms with Crippen LogP contribution in [0.15, 0.2) is 114 Å². The molecular formula is C30H29N3O2S2. The lowest BCUT2D eigenvalue weighted by molar-refractivity contribution is -0.117. The van der Waals surface area contributed by atoms with Gasteiger partial charge in [0.05, 0.1) is 18.0 Å². The second-order valence-electron chi connectivity index (χ2n) is 8.17. The molecule has 0 saturated carbocycles. The quantitative estimate of drug-likeness (QED) is 0.172. The second-order valence-corrected chi connectivity index (χ2v) is 9.85. The summed E-state index contributed by atoms with van der Waals surface area (Å²) >= 11 is 7.07. The standard InChI is InChI=1S/C30H29N3O2S2/c1-3-28(29(34)33(23-14-6-4-7-15-23)24-16-8-5-9-17-24)37-25-18-12-13-22(21-25)31-30(36)32-26-19-10-11-20-27(26)35-2/h4-21,28H,3H2,1-2H3,(H2,31,32,36). The monoisotopic (exact) mass is 527 g/mol. The summed E-state index contributed by atoms with van der Waals surface area (Å²) in [5, 5.41) is 6.60. The SMILES string of the molecule is CCC(Sc1cccc(NC(=S)Nc2ccccc2OC)c1)C(=O)N(c1ccccc1)c1ccccc1. The zero-order chi connectivity index (χ0) is 26.0. The molecule has 1 amide bonds. The maximum absolute atomic E-state index is 13.9. The molecule has 0 heterocycles. The lowest BCUT2D eigenvalue weighted by Gasteiger charge is -2.27. The Morgan fingerprint density at radius 3 is 2.11 bits per heavy atom. The molecule has 4 aromatic carbocycles. The Morgan fingerprint density at radius 2 is 1.49 bits per heavy atom. The number of hydrogen-bond donors (Lipinski definition) is 2. The summed E-state index contributed by atoms with van der Waals surface area (Å²) in [6.45, 7) is 2.04. The zero-order valence-corrected chi connectivity index (χ0v) is 22.4. The van der Waals surface area contributed by atoms with Gasteiger partial charge in [0.1, 0.15) is 5.75 Å². The maximum Gasteiger partial charge on any atom is 0.245 e. The van der Waals surface area contributed by atoms with Gasteiger partial charge in [0, 0.05) is 22.0 Å². The molecule has 0 aromatic heterocycles. The van der Waals surface area contributed by atoms with E-state index in [0.29, 0.717) is 17.3 Å². The number of amides is 1. The number of nitrogens with one attached hydrogen (secondary N) is 2. The van der Waals surface area contributed by atoms with Gasteiger partial charge in [0.15, 0.2) is 5.11 Å². The van der Waals surface area contributed by atoms with Crippen molar-refractivity contribution in [2.75, 3.05) is 22.6 Å². The fourth-order valence-corrected chi connectivity index (χ4v) is 5.14. The van der Waals surface area contributed by atoms with Gasteiger partial charge in [-0.3, -0.25) is 9.69 Å². The molecule has 0 radical (unpaired) electrons. The van der Waals surface area contributed by atoms with Crippen LogP contribution in [0.2, 0.25) is 0 Å². The lowest BCUT2D eigenvalue weighted by Crippen LogP contribution is -2.34. The molecule has 1 unspecified atom stereocenters. The minimum Gasteiger partial charge on any atom is -0.495 e. The highest BCUT2D eigenvalue weighted by Crippen LogP contribution is 2.33. The molecule has 2 N–H and O–H groups in total. The number of hydrogen-bond acceptors (Lipinski definition) is 4. The predicted molar refractivity (Wildman–Crippen MR) is 159 cm³/mol. The Bertz CT molecular complexity index is 1290. The van der Waals surface area contributed by atoms with Crippen molar-refractivity contribution in [3.8, 4) is 5.75 Å². The van der Waals surface area contributed by atoms with Gasteiger partial charge in [-0.25, -0.2) is 0 Å². The highest BCUT2D eigenvalue weighted by molar-refractivity contribution is 8.00. The number of benzene rings is 4. The van der Waals surface area contributed by atoms with Crippen molar-refractivity contribution in [3.05, 3.63) is 109 Å². The zero-order valence-electron chi connectivity index (χ0n) is 20.8. The van der Waals surface area contributed by atoms with Gasteiger partial charge >= 0.3 is 0 Å². The minimum absolute atomic E-state index is 0.0385. The summed E-state index contributed by atoms with van der Waals surface area (Å²) in [7, 11) is 1.62. The van der Waals surface area contributed by atoms with E-state index < -0.39 is 0 Å². The van der Waals surface area contributed by atoms with E-state index in [-0.39, 0.29) is 11.2 Å². The topological polar surface area (TPSA) is 53.6 Å². The molecule has 1 atom stereocenters. The Kier molecular flexibility index (Phi) is 9.18. The number of methoxy groups -OCH3 is 1. The van der Waals surface area contributed by atoms with Crippen LogP contribution >= 0.6 is 24.0 Å². The molecule has 0 aliphatic heterocycles. The van der Waals surface area contributed by atoms with Crippen molar-refractivity contribution in [1.82, 2.24) is 0 Å². The molecule has 0 bridgehead atoms. The third-order valence-electron chi connectivity index (χ3n) is 5.62. The molecule has 5 nitrogen and oxygen atoms in total. The number of ether oxygens (including phenoxy) is 1. The first-order valence-electron chi connectivity index (χ1n) is 12.0. The largest absolute Gasteiger partial charge is 0.495 e. The van der Waals surface area contributed by atoms with Crippen molar-refractivity contribution in [2.24, 2.45) is 0 Å². The average molecular weight is 528 g/mol. The molecule has 0 fully saturated rings. The summed E-state index contributed by atoms with van der Waals surface area (Å²) in [5.41, 5.74) is 3.32. The van der Waals surface area contributed by atoms with E-state index in [1.807, 2.05) is 116 Å². The average Bonchev–Trinajstić information content (AvgIpc) is 2.93. The third-order valence-corrected chi connectivity index (χ3v) is 7.17. The molecule has 0 aliphatic rings. The molecule has 4 rings (SSSR count). The van der Waals surface area contributed by atoms with Crippen LogP contribution in [0.1, 0.15) is 13.3 Å². The van der Waals surface area contributed by atoms with Gasteiger partial charge in [-0.2, -0.15) is 0 Å². The number of rotatable bonds is 9. The fourth-order valence-electron chi connectivity index (χ4n) is 3.85. The van der Waals surface area contributed by atoms with Crippen LogP contribution in [-0.4, -0.2) is 23.4 Å². The second kappa shape index (κ2) is 12.9. The van der Waals surface area contributed by atoms with Crippen molar-refractivity contribution in [1.29, 1.82) is 0 Å². The minimum atomic E-state index is -0.269.